The molecule has 3 rings (SSSR count). The molecule has 0 aliphatic carbocycles. The van der Waals surface area contributed by atoms with E-state index in [1.165, 1.54) is 30.2 Å². The molecule has 0 aliphatic rings. The molecule has 0 aliphatic heterocycles. The molecule has 9 heteroatoms. The molecule has 3 aromatic rings. The van der Waals surface area contributed by atoms with Gasteiger partial charge in [-0.25, -0.2) is 22.7 Å². The Morgan fingerprint density at radius 2 is 1.80 bits per heavy atom. The molecule has 0 saturated heterocycles. The van der Waals surface area contributed by atoms with Crippen LogP contribution in [-0.4, -0.2) is 36.8 Å². The van der Waals surface area contributed by atoms with Crippen molar-refractivity contribution in [1.29, 1.82) is 0 Å². The summed E-state index contributed by atoms with van der Waals surface area (Å²) in [5.41, 5.74) is 9.73. The third-order valence-corrected chi connectivity index (χ3v) is 7.49. The molecule has 0 amide bonds. The third-order valence-electron chi connectivity index (χ3n) is 4.50. The van der Waals surface area contributed by atoms with Crippen molar-refractivity contribution in [2.24, 2.45) is 0 Å². The highest BCUT2D eigenvalue weighted by Gasteiger charge is 2.18. The normalized spacial score (nSPS) is 11.8. The fraction of sp³-hybridized carbons (Fsp3) is 0.238. The second-order valence-electron chi connectivity index (χ2n) is 6.80. The fourth-order valence-corrected chi connectivity index (χ4v) is 4.82. The Morgan fingerprint density at radius 3 is 2.43 bits per heavy atom. The number of nitrogens with zero attached hydrogens (tertiary/aromatic N) is 3. The monoisotopic (exact) mass is 462 g/mol. The Balaban J connectivity index is 1.85. The van der Waals surface area contributed by atoms with Crippen LogP contribution >= 0.6 is 23.4 Å². The molecular weight excluding hydrogens is 440 g/mol. The fourth-order valence-electron chi connectivity index (χ4n) is 2.91. The van der Waals surface area contributed by atoms with E-state index in [9.17, 15) is 8.42 Å². The Kier molecular flexibility index (Phi) is 7.02. The minimum absolute atomic E-state index is 0.262. The molecule has 0 atom stereocenters. The molecule has 6 nitrogen and oxygen atoms in total. The topological polar surface area (TPSA) is 89.2 Å². The molecule has 0 spiro atoms. The summed E-state index contributed by atoms with van der Waals surface area (Å²) in [6, 6.07) is 14.3. The quantitative estimate of drug-likeness (QED) is 0.411. The number of thioether (sulfide) groups is 1. The summed E-state index contributed by atoms with van der Waals surface area (Å²) < 4.78 is 25.9. The molecule has 1 aromatic heterocycles. The number of anilines is 1. The Bertz CT molecular complexity index is 1150. The van der Waals surface area contributed by atoms with E-state index in [0.717, 1.165) is 22.4 Å². The van der Waals surface area contributed by atoms with Crippen LogP contribution in [0.3, 0.4) is 0 Å². The first kappa shape index (κ1) is 22.6. The van der Waals surface area contributed by atoms with Gasteiger partial charge >= 0.3 is 0 Å². The number of sulfonamides is 1. The van der Waals surface area contributed by atoms with Crippen molar-refractivity contribution >= 4 is 39.2 Å². The lowest BCUT2D eigenvalue weighted by Gasteiger charge is -2.13. The molecule has 158 valence electrons. The predicted octanol–water partition coefficient (Wildman–Crippen LogP) is 4.48. The van der Waals surface area contributed by atoms with Gasteiger partial charge in [0.2, 0.25) is 10.0 Å². The first-order chi connectivity index (χ1) is 14.2. The zero-order chi connectivity index (χ0) is 21.9. The van der Waals surface area contributed by atoms with Crippen molar-refractivity contribution in [3.05, 3.63) is 64.8 Å². The summed E-state index contributed by atoms with van der Waals surface area (Å²) >= 11 is 7.41. The van der Waals surface area contributed by atoms with Crippen molar-refractivity contribution in [3.63, 3.8) is 0 Å². The van der Waals surface area contributed by atoms with Gasteiger partial charge in [-0.1, -0.05) is 54.6 Å². The summed E-state index contributed by atoms with van der Waals surface area (Å²) in [5, 5.41) is 1.21. The van der Waals surface area contributed by atoms with Gasteiger partial charge in [0.25, 0.3) is 0 Å². The van der Waals surface area contributed by atoms with Crippen LogP contribution in [0, 0.1) is 0 Å². The summed E-state index contributed by atoms with van der Waals surface area (Å²) in [5.74, 6) is 0.940. The number of hydrogen-bond donors (Lipinski definition) is 1. The van der Waals surface area contributed by atoms with Crippen molar-refractivity contribution in [2.45, 2.75) is 29.1 Å². The van der Waals surface area contributed by atoms with Crippen molar-refractivity contribution in [3.8, 4) is 11.1 Å². The molecule has 2 aromatic carbocycles. The van der Waals surface area contributed by atoms with Crippen LogP contribution in [-0.2, 0) is 22.2 Å². The second-order valence-corrected chi connectivity index (χ2v) is 10.3. The SMILES string of the molecule is CCc1nc(SCc2cccc(S(=O)(=O)N(C)C)c2)nc(N)c1-c1ccc(Cl)cc1. The number of benzene rings is 2. The zero-order valence-electron chi connectivity index (χ0n) is 17.0. The summed E-state index contributed by atoms with van der Waals surface area (Å²) in [6.07, 6.45) is 0.703. The molecule has 30 heavy (non-hydrogen) atoms. The number of aryl methyl sites for hydroxylation is 1. The van der Waals surface area contributed by atoms with Crippen molar-refractivity contribution < 1.29 is 8.42 Å². The van der Waals surface area contributed by atoms with Crippen LogP contribution in [0.25, 0.3) is 11.1 Å². The van der Waals surface area contributed by atoms with Crippen molar-refractivity contribution in [1.82, 2.24) is 14.3 Å². The molecule has 0 unspecified atom stereocenters. The zero-order valence-corrected chi connectivity index (χ0v) is 19.4. The van der Waals surface area contributed by atoms with Crippen LogP contribution in [0.5, 0.6) is 0 Å². The molecule has 0 fully saturated rings. The highest BCUT2D eigenvalue weighted by Crippen LogP contribution is 2.32. The van der Waals surface area contributed by atoms with Crippen LogP contribution in [0.15, 0.2) is 58.6 Å². The number of hydrogen-bond acceptors (Lipinski definition) is 6. The van der Waals surface area contributed by atoms with E-state index < -0.39 is 10.0 Å². The molecule has 0 bridgehead atoms. The van der Waals surface area contributed by atoms with Gasteiger partial charge in [0.1, 0.15) is 5.82 Å². The van der Waals surface area contributed by atoms with E-state index in [2.05, 4.69) is 9.97 Å². The first-order valence-electron chi connectivity index (χ1n) is 9.29. The molecule has 0 saturated carbocycles. The predicted molar refractivity (Wildman–Crippen MR) is 123 cm³/mol. The number of nitrogens with two attached hydrogens (primary N) is 1. The van der Waals surface area contributed by atoms with Gasteiger partial charge in [0, 0.05) is 30.4 Å². The number of halogens is 1. The summed E-state index contributed by atoms with van der Waals surface area (Å²) in [4.78, 5) is 9.41. The number of nitrogen functional groups attached to an aromatic ring is 1. The minimum atomic E-state index is -3.48. The Hall–Kier alpha value is -2.13. The minimum Gasteiger partial charge on any atom is -0.383 e. The van der Waals surface area contributed by atoms with E-state index in [1.54, 1.807) is 18.2 Å². The average molecular weight is 463 g/mol. The third kappa shape index (κ3) is 4.95. The molecular formula is C21H23ClN4O2S2. The lowest BCUT2D eigenvalue weighted by atomic mass is 10.0. The van der Waals surface area contributed by atoms with E-state index in [4.69, 9.17) is 17.3 Å². The maximum Gasteiger partial charge on any atom is 0.242 e. The highest BCUT2D eigenvalue weighted by molar-refractivity contribution is 7.98. The molecule has 2 N–H and O–H groups in total. The highest BCUT2D eigenvalue weighted by atomic mass is 35.5. The van der Waals surface area contributed by atoms with Gasteiger partial charge in [0.15, 0.2) is 5.16 Å². The van der Waals surface area contributed by atoms with E-state index >= 15 is 0 Å². The van der Waals surface area contributed by atoms with Crippen LogP contribution < -0.4 is 5.73 Å². The maximum atomic E-state index is 12.3. The van der Waals surface area contributed by atoms with Gasteiger partial charge in [-0.3, -0.25) is 0 Å². The van der Waals surface area contributed by atoms with Crippen LogP contribution in [0.2, 0.25) is 5.02 Å². The van der Waals surface area contributed by atoms with Gasteiger partial charge in [-0.05, 0) is 41.8 Å². The van der Waals surface area contributed by atoms with Gasteiger partial charge in [-0.15, -0.1) is 0 Å². The largest absolute Gasteiger partial charge is 0.383 e. The number of rotatable bonds is 7. The summed E-state index contributed by atoms with van der Waals surface area (Å²) in [6.45, 7) is 2.02. The van der Waals surface area contributed by atoms with Gasteiger partial charge in [-0.2, -0.15) is 0 Å². The average Bonchev–Trinajstić information content (AvgIpc) is 2.72. The van der Waals surface area contributed by atoms with E-state index in [-0.39, 0.29) is 4.90 Å². The second kappa shape index (κ2) is 9.34. The lowest BCUT2D eigenvalue weighted by molar-refractivity contribution is 0.520. The van der Waals surface area contributed by atoms with Crippen LogP contribution in [0.1, 0.15) is 18.2 Å². The molecule has 1 heterocycles. The smallest absolute Gasteiger partial charge is 0.242 e. The Labute approximate surface area is 186 Å². The Morgan fingerprint density at radius 1 is 1.10 bits per heavy atom. The standard InChI is InChI=1S/C21H23ClN4O2S2/c1-4-18-19(15-8-10-16(22)11-9-15)20(23)25-21(24-18)29-13-14-6-5-7-17(12-14)30(27,28)26(2)3/h5-12H,4,13H2,1-3H3,(H2,23,24,25). The van der Waals surface area contributed by atoms with Gasteiger partial charge in [0.05, 0.1) is 10.6 Å². The maximum absolute atomic E-state index is 12.3. The molecule has 0 radical (unpaired) electrons. The van der Waals surface area contributed by atoms with Crippen molar-refractivity contribution in [2.75, 3.05) is 19.8 Å². The van der Waals surface area contributed by atoms with E-state index in [0.29, 0.717) is 28.2 Å². The lowest BCUT2D eigenvalue weighted by Crippen LogP contribution is -2.22. The van der Waals surface area contributed by atoms with Crippen LogP contribution in [0.4, 0.5) is 5.82 Å². The number of aromatic nitrogens is 2. The summed E-state index contributed by atoms with van der Waals surface area (Å²) in [7, 11) is -0.444. The van der Waals surface area contributed by atoms with E-state index in [1.807, 2.05) is 37.3 Å². The first-order valence-corrected chi connectivity index (χ1v) is 12.1. The van der Waals surface area contributed by atoms with Gasteiger partial charge < -0.3 is 5.73 Å².